The minimum atomic E-state index is 0.123. The topological polar surface area (TPSA) is 38.0 Å². The number of hydrogen-bond donors (Lipinski definition) is 2. The Labute approximate surface area is 94.0 Å². The molecule has 0 radical (unpaired) electrons. The third-order valence-corrected chi connectivity index (χ3v) is 4.15. The average Bonchev–Trinajstić information content (AvgIpc) is 2.96. The van der Waals surface area contributed by atoms with Crippen LogP contribution in [0.1, 0.15) is 58.3 Å². The fraction of sp³-hybridized carbons (Fsp3) is 1.00. The molecule has 2 aliphatic carbocycles. The molecule has 0 aromatic rings. The van der Waals surface area contributed by atoms with E-state index in [0.717, 1.165) is 18.5 Å². The van der Waals surface area contributed by atoms with E-state index in [1.54, 1.807) is 0 Å². The van der Waals surface area contributed by atoms with Gasteiger partial charge in [-0.05, 0) is 31.6 Å². The van der Waals surface area contributed by atoms with E-state index in [-0.39, 0.29) is 5.54 Å². The fourth-order valence-electron chi connectivity index (χ4n) is 2.95. The predicted molar refractivity (Wildman–Crippen MR) is 64.8 cm³/mol. The summed E-state index contributed by atoms with van der Waals surface area (Å²) < 4.78 is 0. The van der Waals surface area contributed by atoms with Gasteiger partial charge in [-0.2, -0.15) is 0 Å². The Hall–Kier alpha value is -0.0800. The van der Waals surface area contributed by atoms with Crippen LogP contribution in [0.2, 0.25) is 0 Å². The van der Waals surface area contributed by atoms with Crippen LogP contribution in [0.5, 0.6) is 0 Å². The van der Waals surface area contributed by atoms with Crippen molar-refractivity contribution in [3.05, 3.63) is 0 Å². The van der Waals surface area contributed by atoms with Crippen LogP contribution in [0.25, 0.3) is 0 Å². The predicted octanol–water partition coefficient (Wildman–Crippen LogP) is 2.43. The van der Waals surface area contributed by atoms with E-state index < -0.39 is 0 Å². The average molecular weight is 210 g/mol. The van der Waals surface area contributed by atoms with Gasteiger partial charge in [-0.1, -0.05) is 32.6 Å². The molecule has 0 heterocycles. The summed E-state index contributed by atoms with van der Waals surface area (Å²) in [6.45, 7) is 3.33. The summed E-state index contributed by atoms with van der Waals surface area (Å²) in [7, 11) is 0. The second kappa shape index (κ2) is 4.84. The number of nitrogens with two attached hydrogens (primary N) is 1. The van der Waals surface area contributed by atoms with E-state index in [1.807, 2.05) is 0 Å². The molecule has 2 fully saturated rings. The highest BCUT2D eigenvalue weighted by Gasteiger charge is 2.37. The van der Waals surface area contributed by atoms with Gasteiger partial charge < -0.3 is 11.1 Å². The smallest absolute Gasteiger partial charge is 0.0280 e. The molecule has 2 nitrogen and oxygen atoms in total. The molecule has 0 bridgehead atoms. The highest BCUT2D eigenvalue weighted by Crippen LogP contribution is 2.35. The Morgan fingerprint density at radius 2 is 2.00 bits per heavy atom. The molecule has 2 aliphatic rings. The van der Waals surface area contributed by atoms with Crippen LogP contribution in [0.3, 0.4) is 0 Å². The molecule has 0 aliphatic heterocycles. The maximum atomic E-state index is 6.39. The Morgan fingerprint density at radius 3 is 2.67 bits per heavy atom. The number of nitrogens with one attached hydrogen (secondary N) is 1. The van der Waals surface area contributed by atoms with Crippen LogP contribution in [0, 0.1) is 5.92 Å². The molecule has 0 aromatic heterocycles. The van der Waals surface area contributed by atoms with Gasteiger partial charge in [-0.3, -0.25) is 0 Å². The highest BCUT2D eigenvalue weighted by molar-refractivity contribution is 4.97. The van der Waals surface area contributed by atoms with Gasteiger partial charge >= 0.3 is 0 Å². The molecule has 0 aromatic carbocycles. The van der Waals surface area contributed by atoms with Gasteiger partial charge in [0, 0.05) is 18.1 Å². The zero-order valence-electron chi connectivity index (χ0n) is 10.1. The largest absolute Gasteiger partial charge is 0.324 e. The van der Waals surface area contributed by atoms with Gasteiger partial charge in [0.1, 0.15) is 0 Å². The Kier molecular flexibility index (Phi) is 3.68. The van der Waals surface area contributed by atoms with Crippen molar-refractivity contribution in [3.8, 4) is 0 Å². The molecule has 88 valence electrons. The molecule has 2 saturated carbocycles. The molecule has 2 heteroatoms. The maximum absolute atomic E-state index is 6.39. The first-order valence-corrected chi connectivity index (χ1v) is 6.76. The molecule has 2 atom stereocenters. The molecule has 15 heavy (non-hydrogen) atoms. The summed E-state index contributed by atoms with van der Waals surface area (Å²) in [6, 6.07) is 0.798. The lowest BCUT2D eigenvalue weighted by Gasteiger charge is -2.33. The van der Waals surface area contributed by atoms with Crippen LogP contribution >= 0.6 is 0 Å². The van der Waals surface area contributed by atoms with Gasteiger partial charge in [0.25, 0.3) is 0 Å². The normalized spacial score (nSPS) is 34.0. The minimum Gasteiger partial charge on any atom is -0.324 e. The number of rotatable bonds is 5. The first-order valence-electron chi connectivity index (χ1n) is 6.76. The second-order valence-corrected chi connectivity index (χ2v) is 5.69. The van der Waals surface area contributed by atoms with E-state index in [2.05, 4.69) is 12.2 Å². The van der Waals surface area contributed by atoms with Crippen LogP contribution in [-0.2, 0) is 0 Å². The first kappa shape index (κ1) is 11.4. The highest BCUT2D eigenvalue weighted by atomic mass is 15.0. The molecular formula is C13H26N2. The van der Waals surface area contributed by atoms with Crippen LogP contribution in [0.15, 0.2) is 0 Å². The molecule has 2 rings (SSSR count). The molecule has 0 amide bonds. The zero-order valence-corrected chi connectivity index (χ0v) is 10.1. The monoisotopic (exact) mass is 210 g/mol. The van der Waals surface area contributed by atoms with Crippen molar-refractivity contribution >= 4 is 0 Å². The van der Waals surface area contributed by atoms with Gasteiger partial charge in [-0.25, -0.2) is 0 Å². The third kappa shape index (κ3) is 3.18. The Morgan fingerprint density at radius 1 is 1.27 bits per heavy atom. The van der Waals surface area contributed by atoms with Crippen molar-refractivity contribution < 1.29 is 0 Å². The van der Waals surface area contributed by atoms with Crippen molar-refractivity contribution in [1.82, 2.24) is 5.32 Å². The molecular weight excluding hydrogens is 184 g/mol. The summed E-state index contributed by atoms with van der Waals surface area (Å²) in [5.41, 5.74) is 6.51. The third-order valence-electron chi connectivity index (χ3n) is 4.15. The fourth-order valence-corrected chi connectivity index (χ4v) is 2.95. The molecule has 0 spiro atoms. The Bertz CT molecular complexity index is 197. The standard InChI is InChI=1S/C13H26N2/c1-2-6-11-9-12(11)15-10-13(14)7-4-3-5-8-13/h11-12,15H,2-10,14H2,1H3. The van der Waals surface area contributed by atoms with E-state index in [0.29, 0.717) is 0 Å². The molecule has 0 saturated heterocycles. The Balaban J connectivity index is 1.65. The van der Waals surface area contributed by atoms with E-state index >= 15 is 0 Å². The lowest BCUT2D eigenvalue weighted by Crippen LogP contribution is -2.50. The van der Waals surface area contributed by atoms with Gasteiger partial charge in [-0.15, -0.1) is 0 Å². The van der Waals surface area contributed by atoms with Gasteiger partial charge in [0.15, 0.2) is 0 Å². The van der Waals surface area contributed by atoms with Crippen molar-refractivity contribution in [2.75, 3.05) is 6.54 Å². The first-order chi connectivity index (χ1) is 7.23. The van der Waals surface area contributed by atoms with Crippen LogP contribution in [0.4, 0.5) is 0 Å². The number of hydrogen-bond acceptors (Lipinski definition) is 2. The summed E-state index contributed by atoms with van der Waals surface area (Å²) in [5.74, 6) is 0.960. The van der Waals surface area contributed by atoms with Crippen LogP contribution in [-0.4, -0.2) is 18.1 Å². The van der Waals surface area contributed by atoms with E-state index in [1.165, 1.54) is 51.4 Å². The summed E-state index contributed by atoms with van der Waals surface area (Å²) in [5, 5.41) is 3.68. The summed E-state index contributed by atoms with van der Waals surface area (Å²) in [4.78, 5) is 0. The lowest BCUT2D eigenvalue weighted by atomic mass is 9.82. The molecule has 3 N–H and O–H groups in total. The van der Waals surface area contributed by atoms with E-state index in [9.17, 15) is 0 Å². The van der Waals surface area contributed by atoms with Crippen molar-refractivity contribution in [2.45, 2.75) is 69.9 Å². The van der Waals surface area contributed by atoms with Crippen molar-refractivity contribution in [3.63, 3.8) is 0 Å². The molecule has 2 unspecified atom stereocenters. The maximum Gasteiger partial charge on any atom is 0.0280 e. The quantitative estimate of drug-likeness (QED) is 0.731. The summed E-state index contributed by atoms with van der Waals surface area (Å²) in [6.07, 6.45) is 10.6. The van der Waals surface area contributed by atoms with Gasteiger partial charge in [0.05, 0.1) is 0 Å². The second-order valence-electron chi connectivity index (χ2n) is 5.69. The lowest BCUT2D eigenvalue weighted by molar-refractivity contribution is 0.281. The van der Waals surface area contributed by atoms with Crippen LogP contribution < -0.4 is 11.1 Å². The van der Waals surface area contributed by atoms with Gasteiger partial charge in [0.2, 0.25) is 0 Å². The zero-order chi connectivity index (χ0) is 10.7. The minimum absolute atomic E-state index is 0.123. The summed E-state index contributed by atoms with van der Waals surface area (Å²) >= 11 is 0. The SMILES string of the molecule is CCCC1CC1NCC1(N)CCCCC1. The van der Waals surface area contributed by atoms with Crippen molar-refractivity contribution in [2.24, 2.45) is 11.7 Å². The van der Waals surface area contributed by atoms with E-state index in [4.69, 9.17) is 5.73 Å². The van der Waals surface area contributed by atoms with Crippen molar-refractivity contribution in [1.29, 1.82) is 0 Å².